The lowest BCUT2D eigenvalue weighted by atomic mass is 9.77. The standard InChI is InChI=1S/C55H92FN5O15S/c1-15-43-55(10,67)48(63)35(6)60(12)28-31(2)25-53(8,66)50(33(4)46(34(5)51(65)74-43)75-44-26-54(9,71-14)49(64)36(7)73-44)76-52-45(62)41(24-32(3)72-52)59(11)22-20-40-29-61(58-57-40)42(27-56)47(70-13)38-18-16-37(17-19-38)39-21-23-77(68,69)30-39/h16-19,21,29,31-36,41-50,52,57-58,62-64,66-67H,15,20,22-28,30H2,1-14H3/t31-,32-,33+,34-,35-,36+,41+,42-,43-,44+,45-,46+,47-,48-,49+,50-,52+,53-,54-,55-/m1/s1. The number of aliphatic hydroxyl groups excluding tert-OH is 3. The molecule has 5 heterocycles. The van der Waals surface area contributed by atoms with Gasteiger partial charge < -0.3 is 73.9 Å². The summed E-state index contributed by atoms with van der Waals surface area (Å²) < 4.78 is 83.3. The molecular weight excluding hydrogens is 1020 g/mol. The van der Waals surface area contributed by atoms with Gasteiger partial charge in [-0.15, -0.1) is 5.53 Å². The highest BCUT2D eigenvalue weighted by atomic mass is 32.2. The summed E-state index contributed by atoms with van der Waals surface area (Å²) in [5, 5.41) is 61.5. The van der Waals surface area contributed by atoms with Gasteiger partial charge in [0, 0.05) is 70.0 Å². The lowest BCUT2D eigenvalue weighted by Gasteiger charge is -2.49. The average Bonchev–Trinajstić information content (AvgIpc) is 4.01. The third-order valence-electron chi connectivity index (χ3n) is 17.2. The SMILES string of the molecule is CC[C@H]1OC(=O)[C@H](C)[C@@H](O[C@H]2C[C@@](C)(OC)[C@@H](O)[C@H](C)O2)[C@H](C)[C@@H](O[C@@H]2O[C@H](C)C[C@H](N(C)CCC3=CN([C@H](CF)[C@H](OC)c4ccc(C5=CCS(=O)(=O)C5)cc4)NN3)[C@H]2O)[C@](C)(O)C[C@@H](C)CN(C)[C@H](C)[C@@H](O)[C@]1(C)O. The molecule has 0 unspecified atom stereocenters. The Balaban J connectivity index is 1.24. The quantitative estimate of drug-likeness (QED) is 0.117. The van der Waals surface area contributed by atoms with Crippen LogP contribution < -0.4 is 11.0 Å². The smallest absolute Gasteiger partial charge is 0.311 e. The molecule has 77 heavy (non-hydrogen) atoms. The highest BCUT2D eigenvalue weighted by molar-refractivity contribution is 7.92. The molecule has 22 heteroatoms. The normalized spacial score (nSPS) is 40.7. The van der Waals surface area contributed by atoms with E-state index in [4.69, 9.17) is 33.2 Å². The highest BCUT2D eigenvalue weighted by Crippen LogP contribution is 2.41. The Kier molecular flexibility index (Phi) is 21.3. The number of sulfone groups is 1. The van der Waals surface area contributed by atoms with Gasteiger partial charge in [-0.25, -0.2) is 12.8 Å². The molecule has 0 aromatic heterocycles. The van der Waals surface area contributed by atoms with E-state index in [2.05, 4.69) is 11.0 Å². The summed E-state index contributed by atoms with van der Waals surface area (Å²) in [5.74, 6) is -2.91. The van der Waals surface area contributed by atoms with Crippen molar-refractivity contribution in [3.8, 4) is 0 Å². The van der Waals surface area contributed by atoms with Crippen molar-refractivity contribution < 1.29 is 76.3 Å². The van der Waals surface area contributed by atoms with Crippen LogP contribution in [0.2, 0.25) is 0 Å². The van der Waals surface area contributed by atoms with Gasteiger partial charge in [0.25, 0.3) is 0 Å². The number of nitrogens with one attached hydrogen (secondary N) is 2. The maximum absolute atomic E-state index is 15.0. The number of aliphatic hydroxyl groups is 5. The third kappa shape index (κ3) is 14.6. The fourth-order valence-electron chi connectivity index (χ4n) is 12.3. The lowest BCUT2D eigenvalue weighted by Crippen LogP contribution is -2.61. The van der Waals surface area contributed by atoms with Crippen LogP contribution in [0.4, 0.5) is 4.39 Å². The summed E-state index contributed by atoms with van der Waals surface area (Å²) >= 11 is 0. The molecule has 1 aromatic rings. The van der Waals surface area contributed by atoms with Crippen LogP contribution in [0.1, 0.15) is 119 Å². The summed E-state index contributed by atoms with van der Waals surface area (Å²) in [6.07, 6.45) is -6.26. The zero-order valence-corrected chi connectivity index (χ0v) is 48.6. The van der Waals surface area contributed by atoms with Gasteiger partial charge in [-0.1, -0.05) is 51.1 Å². The molecular formula is C55H92FN5O15S. The van der Waals surface area contributed by atoms with Crippen molar-refractivity contribution in [2.45, 2.75) is 204 Å². The third-order valence-corrected chi connectivity index (χ3v) is 18.6. The van der Waals surface area contributed by atoms with E-state index in [1.54, 1.807) is 65.8 Å². The van der Waals surface area contributed by atoms with Crippen LogP contribution in [0.3, 0.4) is 0 Å². The van der Waals surface area contributed by atoms with Crippen LogP contribution in [-0.4, -0.2) is 211 Å². The van der Waals surface area contributed by atoms with Gasteiger partial charge in [0.15, 0.2) is 22.4 Å². The number of likely N-dealkylation sites (N-methyl/N-ethyl adjacent to an activating group) is 2. The second kappa shape index (κ2) is 25.9. The number of benzene rings is 1. The van der Waals surface area contributed by atoms with Gasteiger partial charge in [0.1, 0.15) is 48.8 Å². The minimum Gasteiger partial charge on any atom is -0.459 e. The average molecular weight is 1110 g/mol. The molecule has 0 bridgehead atoms. The van der Waals surface area contributed by atoms with E-state index >= 15 is 0 Å². The van der Waals surface area contributed by atoms with Crippen molar-refractivity contribution >= 4 is 21.4 Å². The van der Waals surface area contributed by atoms with Gasteiger partial charge in [0.05, 0.1) is 53.0 Å². The second-order valence-corrected chi connectivity index (χ2v) is 25.6. The van der Waals surface area contributed by atoms with Crippen molar-refractivity contribution in [1.82, 2.24) is 25.8 Å². The van der Waals surface area contributed by atoms with Crippen molar-refractivity contribution in [1.29, 1.82) is 0 Å². The molecule has 0 radical (unpaired) electrons. The van der Waals surface area contributed by atoms with E-state index < -0.39 is 137 Å². The Hall–Kier alpha value is -2.91. The number of methoxy groups -OCH3 is 2. The number of cyclic esters (lactones) is 1. The van der Waals surface area contributed by atoms with Crippen molar-refractivity contribution in [2.75, 3.05) is 59.6 Å². The van der Waals surface area contributed by atoms with Gasteiger partial charge >= 0.3 is 5.97 Å². The van der Waals surface area contributed by atoms with Crippen molar-refractivity contribution in [3.63, 3.8) is 0 Å². The molecule has 20 nitrogen and oxygen atoms in total. The summed E-state index contributed by atoms with van der Waals surface area (Å²) in [4.78, 5) is 18.4. The van der Waals surface area contributed by atoms with Crippen LogP contribution in [0.25, 0.3) is 5.57 Å². The predicted octanol–water partition coefficient (Wildman–Crippen LogP) is 3.36. The first-order valence-electron chi connectivity index (χ1n) is 27.4. The number of ether oxygens (including phenoxy) is 7. The van der Waals surface area contributed by atoms with Gasteiger partial charge in [-0.3, -0.25) is 9.80 Å². The number of esters is 1. The van der Waals surface area contributed by atoms with Gasteiger partial charge in [0.2, 0.25) is 0 Å². The van der Waals surface area contributed by atoms with Crippen LogP contribution in [0.15, 0.2) is 42.2 Å². The number of halogens is 1. The lowest BCUT2D eigenvalue weighted by molar-refractivity contribution is -0.318. The number of nitrogens with zero attached hydrogens (tertiary/aromatic N) is 3. The molecule has 0 spiro atoms. The van der Waals surface area contributed by atoms with E-state index in [1.807, 2.05) is 62.0 Å². The van der Waals surface area contributed by atoms with E-state index in [-0.39, 0.29) is 36.7 Å². The minimum absolute atomic E-state index is 0.0127. The summed E-state index contributed by atoms with van der Waals surface area (Å²) in [6, 6.07) is 5.44. The number of carbonyl (C=O) groups is 1. The minimum atomic E-state index is -3.15. The van der Waals surface area contributed by atoms with Crippen LogP contribution in [0, 0.1) is 17.8 Å². The zero-order chi connectivity index (χ0) is 57.1. The van der Waals surface area contributed by atoms with Gasteiger partial charge in [-0.05, 0) is 104 Å². The predicted molar refractivity (Wildman–Crippen MR) is 287 cm³/mol. The largest absolute Gasteiger partial charge is 0.459 e. The van der Waals surface area contributed by atoms with Crippen LogP contribution in [-0.2, 0) is 47.8 Å². The number of alkyl halides is 1. The molecule has 7 N–H and O–H groups in total. The molecule has 5 aliphatic heterocycles. The number of hydrogen-bond donors (Lipinski definition) is 7. The molecule has 440 valence electrons. The fourth-order valence-corrected chi connectivity index (χ4v) is 13.6. The molecule has 3 fully saturated rings. The molecule has 6 rings (SSSR count). The molecule has 3 saturated heterocycles. The zero-order valence-electron chi connectivity index (χ0n) is 47.8. The monoisotopic (exact) mass is 1110 g/mol. The number of hydrazine groups is 2. The molecule has 0 saturated carbocycles. The first kappa shape index (κ1) is 63.3. The van der Waals surface area contributed by atoms with E-state index in [0.29, 0.717) is 25.9 Å². The number of carbonyl (C=O) groups excluding carboxylic acids is 1. The van der Waals surface area contributed by atoms with E-state index in [9.17, 15) is 43.1 Å². The maximum Gasteiger partial charge on any atom is 0.311 e. The van der Waals surface area contributed by atoms with Crippen LogP contribution >= 0.6 is 0 Å². The number of hydrogen-bond acceptors (Lipinski definition) is 20. The second-order valence-electron chi connectivity index (χ2n) is 23.5. The van der Waals surface area contributed by atoms with E-state index in [0.717, 1.165) is 22.4 Å². The Morgan fingerprint density at radius 3 is 2.25 bits per heavy atom. The Bertz CT molecular complexity index is 2280. The molecule has 0 amide bonds. The molecule has 0 aliphatic carbocycles. The van der Waals surface area contributed by atoms with Crippen molar-refractivity contribution in [2.24, 2.45) is 17.8 Å². The molecule has 1 aromatic carbocycles. The molecule has 20 atom stereocenters. The van der Waals surface area contributed by atoms with Gasteiger partial charge in [-0.2, -0.15) is 0 Å². The first-order chi connectivity index (χ1) is 36.0. The highest BCUT2D eigenvalue weighted by Gasteiger charge is 2.53. The maximum atomic E-state index is 15.0. The fraction of sp³-hybridized carbons (Fsp3) is 0.800. The topological polar surface area (TPSA) is 251 Å². The first-order valence-corrected chi connectivity index (χ1v) is 29.2. The Labute approximate surface area is 456 Å². The summed E-state index contributed by atoms with van der Waals surface area (Å²) in [6.45, 7) is 17.5. The summed E-state index contributed by atoms with van der Waals surface area (Å²) in [5.41, 5.74) is 4.61. The Morgan fingerprint density at radius 1 is 0.974 bits per heavy atom. The molecule has 5 aliphatic rings. The van der Waals surface area contributed by atoms with E-state index in [1.165, 1.54) is 21.1 Å². The Morgan fingerprint density at radius 2 is 1.65 bits per heavy atom. The summed E-state index contributed by atoms with van der Waals surface area (Å²) in [7, 11) is 3.58. The number of rotatable bonds is 16. The van der Waals surface area contributed by atoms with Crippen LogP contribution in [0.5, 0.6) is 0 Å². The van der Waals surface area contributed by atoms with Crippen molar-refractivity contribution in [3.05, 3.63) is 53.4 Å².